The number of ether oxygens (including phenoxy) is 1. The van der Waals surface area contributed by atoms with Crippen molar-refractivity contribution in [3.8, 4) is 11.8 Å². The zero-order valence-electron chi connectivity index (χ0n) is 16.6. The van der Waals surface area contributed by atoms with Gasteiger partial charge in [-0.25, -0.2) is 9.59 Å². The molecule has 0 saturated heterocycles. The third-order valence-electron chi connectivity index (χ3n) is 3.79. The van der Waals surface area contributed by atoms with E-state index in [1.807, 2.05) is 55.5 Å². The van der Waals surface area contributed by atoms with Crippen molar-refractivity contribution in [3.63, 3.8) is 0 Å². The molecule has 0 aliphatic rings. The first-order valence-electron chi connectivity index (χ1n) is 9.02. The fourth-order valence-corrected chi connectivity index (χ4v) is 2.39. The number of hydrogen-bond acceptors (Lipinski definition) is 3. The average molecular weight is 379 g/mol. The molecule has 5 nitrogen and oxygen atoms in total. The zero-order chi connectivity index (χ0) is 20.7. The van der Waals surface area contributed by atoms with Crippen molar-refractivity contribution >= 4 is 12.1 Å². The number of nitrogens with one attached hydrogen (secondary N) is 1. The Hall–Kier alpha value is -3.26. The number of carbonyl (C=O) groups is 2. The molecule has 0 fully saturated rings. The molecule has 0 radical (unpaired) electrons. The summed E-state index contributed by atoms with van der Waals surface area (Å²) in [5.74, 6) is 5.07. The van der Waals surface area contributed by atoms with E-state index in [-0.39, 0.29) is 6.42 Å². The van der Waals surface area contributed by atoms with E-state index in [2.05, 4.69) is 17.2 Å². The molecule has 1 atom stereocenters. The molecule has 0 saturated carbocycles. The molecule has 0 heterocycles. The van der Waals surface area contributed by atoms with Gasteiger partial charge in [0.2, 0.25) is 0 Å². The van der Waals surface area contributed by atoms with Crippen LogP contribution in [0.15, 0.2) is 48.5 Å². The Bertz CT molecular complexity index is 881. The summed E-state index contributed by atoms with van der Waals surface area (Å²) >= 11 is 0. The summed E-state index contributed by atoms with van der Waals surface area (Å²) in [5.41, 5.74) is 3.04. The maximum absolute atomic E-state index is 11.8. The second kappa shape index (κ2) is 9.09. The molecule has 0 bridgehead atoms. The molecule has 28 heavy (non-hydrogen) atoms. The molecule has 0 aliphatic heterocycles. The minimum absolute atomic E-state index is 0.153. The minimum Gasteiger partial charge on any atom is -0.480 e. The summed E-state index contributed by atoms with van der Waals surface area (Å²) in [5, 5.41) is 11.8. The molecule has 5 heteroatoms. The van der Waals surface area contributed by atoms with E-state index in [4.69, 9.17) is 4.74 Å². The number of amides is 1. The van der Waals surface area contributed by atoms with Crippen LogP contribution in [-0.2, 0) is 16.0 Å². The molecular formula is C23H25NO4. The highest BCUT2D eigenvalue weighted by atomic mass is 16.6. The summed E-state index contributed by atoms with van der Waals surface area (Å²) in [7, 11) is 0. The van der Waals surface area contributed by atoms with Gasteiger partial charge in [-0.05, 0) is 57.5 Å². The quantitative estimate of drug-likeness (QED) is 0.790. The van der Waals surface area contributed by atoms with Crippen LogP contribution in [0.4, 0.5) is 4.79 Å². The predicted octanol–water partition coefficient (Wildman–Crippen LogP) is 3.92. The summed E-state index contributed by atoms with van der Waals surface area (Å²) in [4.78, 5) is 23.3. The van der Waals surface area contributed by atoms with Crippen molar-refractivity contribution in [3.05, 3.63) is 70.8 Å². The number of rotatable bonds is 4. The third-order valence-corrected chi connectivity index (χ3v) is 3.79. The Morgan fingerprint density at radius 3 is 1.96 bits per heavy atom. The summed E-state index contributed by atoms with van der Waals surface area (Å²) in [6, 6.07) is 14.2. The fourth-order valence-electron chi connectivity index (χ4n) is 2.39. The van der Waals surface area contributed by atoms with Crippen molar-refractivity contribution in [1.29, 1.82) is 0 Å². The highest BCUT2D eigenvalue weighted by Crippen LogP contribution is 2.10. The summed E-state index contributed by atoms with van der Waals surface area (Å²) in [6.07, 6.45) is -0.597. The van der Waals surface area contributed by atoms with Crippen LogP contribution in [0.5, 0.6) is 0 Å². The maximum atomic E-state index is 11.8. The summed E-state index contributed by atoms with van der Waals surface area (Å²) in [6.45, 7) is 7.19. The SMILES string of the molecule is Cc1ccc(C#Cc2ccc(C[C@@H](NC(=O)OC(C)(C)C)C(=O)O)cc2)cc1. The van der Waals surface area contributed by atoms with Gasteiger partial charge >= 0.3 is 12.1 Å². The van der Waals surface area contributed by atoms with Crippen LogP contribution in [0, 0.1) is 18.8 Å². The van der Waals surface area contributed by atoms with Gasteiger partial charge < -0.3 is 15.2 Å². The molecule has 2 aromatic rings. The predicted molar refractivity (Wildman–Crippen MR) is 108 cm³/mol. The van der Waals surface area contributed by atoms with Crippen LogP contribution in [0.1, 0.15) is 43.0 Å². The lowest BCUT2D eigenvalue weighted by atomic mass is 10.0. The highest BCUT2D eigenvalue weighted by Gasteiger charge is 2.24. The van der Waals surface area contributed by atoms with E-state index in [1.165, 1.54) is 5.56 Å². The smallest absolute Gasteiger partial charge is 0.408 e. The Kier molecular flexibility index (Phi) is 6.84. The van der Waals surface area contributed by atoms with E-state index in [1.54, 1.807) is 20.8 Å². The molecule has 1 amide bonds. The van der Waals surface area contributed by atoms with Gasteiger partial charge in [0.05, 0.1) is 0 Å². The fraction of sp³-hybridized carbons (Fsp3) is 0.304. The minimum atomic E-state index is -1.12. The van der Waals surface area contributed by atoms with Crippen LogP contribution in [0.2, 0.25) is 0 Å². The third kappa shape index (κ3) is 7.16. The Labute approximate surface area is 165 Å². The van der Waals surface area contributed by atoms with Crippen LogP contribution >= 0.6 is 0 Å². The largest absolute Gasteiger partial charge is 0.480 e. The zero-order valence-corrected chi connectivity index (χ0v) is 16.6. The molecule has 2 aromatic carbocycles. The van der Waals surface area contributed by atoms with Gasteiger partial charge in [-0.3, -0.25) is 0 Å². The molecule has 146 valence electrons. The van der Waals surface area contributed by atoms with Gasteiger partial charge in [0.25, 0.3) is 0 Å². The van der Waals surface area contributed by atoms with Crippen molar-refractivity contribution < 1.29 is 19.4 Å². The number of carbonyl (C=O) groups excluding carboxylic acids is 1. The van der Waals surface area contributed by atoms with Gasteiger partial charge in [-0.2, -0.15) is 0 Å². The highest BCUT2D eigenvalue weighted by molar-refractivity contribution is 5.80. The van der Waals surface area contributed by atoms with Gasteiger partial charge in [-0.15, -0.1) is 0 Å². The van der Waals surface area contributed by atoms with Gasteiger partial charge in [0.1, 0.15) is 11.6 Å². The van der Waals surface area contributed by atoms with Crippen molar-refractivity contribution in [2.75, 3.05) is 0 Å². The lowest BCUT2D eigenvalue weighted by Gasteiger charge is -2.22. The molecule has 0 unspecified atom stereocenters. The van der Waals surface area contributed by atoms with E-state index in [9.17, 15) is 14.7 Å². The number of carboxylic acids is 1. The normalized spacial score (nSPS) is 11.7. The molecule has 0 aromatic heterocycles. The lowest BCUT2D eigenvalue weighted by molar-refractivity contribution is -0.139. The number of carboxylic acid groups (broad SMARTS) is 1. The van der Waals surface area contributed by atoms with E-state index in [0.29, 0.717) is 0 Å². The maximum Gasteiger partial charge on any atom is 0.408 e. The van der Waals surface area contributed by atoms with Crippen LogP contribution < -0.4 is 5.32 Å². The van der Waals surface area contributed by atoms with E-state index < -0.39 is 23.7 Å². The van der Waals surface area contributed by atoms with Crippen molar-refractivity contribution in [2.24, 2.45) is 0 Å². The standard InChI is InChI=1S/C23H25NO4/c1-16-5-7-17(8-6-16)9-10-18-11-13-19(14-12-18)15-20(21(25)26)24-22(27)28-23(2,3)4/h5-8,11-14,20H,15H2,1-4H3,(H,24,27)(H,25,26)/t20-/m1/s1. The van der Waals surface area contributed by atoms with E-state index in [0.717, 1.165) is 16.7 Å². The monoisotopic (exact) mass is 379 g/mol. The first-order chi connectivity index (χ1) is 13.1. The number of alkyl carbamates (subject to hydrolysis) is 1. The second-order valence-corrected chi connectivity index (χ2v) is 7.55. The molecule has 0 spiro atoms. The number of aryl methyl sites for hydroxylation is 1. The number of hydrogen-bond donors (Lipinski definition) is 2. The summed E-state index contributed by atoms with van der Waals surface area (Å²) < 4.78 is 5.12. The number of aliphatic carboxylic acids is 1. The molecule has 2 N–H and O–H groups in total. The Morgan fingerprint density at radius 2 is 1.50 bits per heavy atom. The van der Waals surface area contributed by atoms with Gasteiger partial charge in [-0.1, -0.05) is 41.7 Å². The Balaban J connectivity index is 2.02. The number of benzene rings is 2. The van der Waals surface area contributed by atoms with E-state index >= 15 is 0 Å². The van der Waals surface area contributed by atoms with Crippen LogP contribution in [-0.4, -0.2) is 28.8 Å². The van der Waals surface area contributed by atoms with Crippen molar-refractivity contribution in [1.82, 2.24) is 5.32 Å². The van der Waals surface area contributed by atoms with Crippen LogP contribution in [0.3, 0.4) is 0 Å². The van der Waals surface area contributed by atoms with Crippen LogP contribution in [0.25, 0.3) is 0 Å². The Morgan fingerprint density at radius 1 is 1.00 bits per heavy atom. The molecule has 0 aliphatic carbocycles. The van der Waals surface area contributed by atoms with Gasteiger partial charge in [0.15, 0.2) is 0 Å². The first kappa shape index (κ1) is 21.0. The second-order valence-electron chi connectivity index (χ2n) is 7.55. The van der Waals surface area contributed by atoms with Crippen molar-refractivity contribution in [2.45, 2.75) is 45.8 Å². The van der Waals surface area contributed by atoms with Gasteiger partial charge in [0, 0.05) is 17.5 Å². The molecular weight excluding hydrogens is 354 g/mol. The lowest BCUT2D eigenvalue weighted by Crippen LogP contribution is -2.44. The first-order valence-corrected chi connectivity index (χ1v) is 9.02. The average Bonchev–Trinajstić information content (AvgIpc) is 2.60. The topological polar surface area (TPSA) is 75.6 Å². The molecule has 2 rings (SSSR count).